The van der Waals surface area contributed by atoms with Gasteiger partial charge in [0.1, 0.15) is 0 Å². The summed E-state index contributed by atoms with van der Waals surface area (Å²) in [6, 6.07) is 3.99. The first-order chi connectivity index (χ1) is 11.5. The van der Waals surface area contributed by atoms with Crippen molar-refractivity contribution in [1.82, 2.24) is 0 Å². The van der Waals surface area contributed by atoms with E-state index in [9.17, 15) is 19.2 Å². The highest BCUT2D eigenvalue weighted by atomic mass is 16.6. The van der Waals surface area contributed by atoms with Crippen LogP contribution in [0.2, 0.25) is 0 Å². The van der Waals surface area contributed by atoms with Gasteiger partial charge in [-0.05, 0) is 30.7 Å². The summed E-state index contributed by atoms with van der Waals surface area (Å²) in [6.07, 6.45) is -3.80. The van der Waals surface area contributed by atoms with Crippen LogP contribution in [0.25, 0.3) is 0 Å². The number of aryl methyl sites for hydroxylation is 1. The molecule has 0 saturated carbocycles. The van der Waals surface area contributed by atoms with Gasteiger partial charge in [0.25, 0.3) is 0 Å². The Hall–Kier alpha value is -2.98. The van der Waals surface area contributed by atoms with E-state index in [1.807, 2.05) is 0 Å². The van der Waals surface area contributed by atoms with E-state index in [0.29, 0.717) is 5.56 Å². The molecule has 0 bridgehead atoms. The summed E-state index contributed by atoms with van der Waals surface area (Å²) >= 11 is 0. The van der Waals surface area contributed by atoms with Crippen LogP contribution in [0.5, 0.6) is 0 Å². The highest BCUT2D eigenvalue weighted by Gasteiger charge is 2.31. The summed E-state index contributed by atoms with van der Waals surface area (Å²) in [5.41, 5.74) is 0.618. The normalized spacial score (nSPS) is 12.0. The maximum Gasteiger partial charge on any atom is 0.338 e. The second-order valence-corrected chi connectivity index (χ2v) is 4.63. The van der Waals surface area contributed by atoms with Crippen molar-refractivity contribution in [2.75, 3.05) is 14.2 Å². The Kier molecular flexibility index (Phi) is 8.81. The van der Waals surface area contributed by atoms with E-state index in [0.717, 1.165) is 20.3 Å². The Bertz CT molecular complexity index is 599. The van der Waals surface area contributed by atoms with Crippen LogP contribution in [-0.4, -0.2) is 70.7 Å². The SMILES string of the molecule is COC(=O)C(O)C(O)C(=O)OC.Cc1cc(C(=O)O)cc(C(=O)O)c1. The summed E-state index contributed by atoms with van der Waals surface area (Å²) in [6.45, 7) is 1.65. The minimum Gasteiger partial charge on any atom is -0.478 e. The number of carbonyl (C=O) groups is 4. The molecule has 0 aliphatic heterocycles. The molecular weight excluding hydrogens is 340 g/mol. The molecule has 2 unspecified atom stereocenters. The average molecular weight is 358 g/mol. The number of benzene rings is 1. The van der Waals surface area contributed by atoms with Crippen LogP contribution in [0, 0.1) is 6.92 Å². The van der Waals surface area contributed by atoms with Gasteiger partial charge in [-0.1, -0.05) is 0 Å². The van der Waals surface area contributed by atoms with Gasteiger partial charge in [0.05, 0.1) is 25.3 Å². The van der Waals surface area contributed by atoms with Gasteiger partial charge in [-0.3, -0.25) is 0 Å². The maximum atomic E-state index is 10.5. The van der Waals surface area contributed by atoms with Gasteiger partial charge in [-0.25, -0.2) is 19.2 Å². The molecular formula is C15H18O10. The van der Waals surface area contributed by atoms with Gasteiger partial charge < -0.3 is 29.9 Å². The smallest absolute Gasteiger partial charge is 0.338 e. The van der Waals surface area contributed by atoms with Crippen LogP contribution in [-0.2, 0) is 19.1 Å². The number of methoxy groups -OCH3 is 2. The van der Waals surface area contributed by atoms with Crippen LogP contribution in [0.3, 0.4) is 0 Å². The number of carboxylic acids is 2. The molecule has 1 aromatic rings. The lowest BCUT2D eigenvalue weighted by molar-refractivity contribution is -0.169. The molecule has 4 N–H and O–H groups in total. The number of hydrogen-bond acceptors (Lipinski definition) is 8. The lowest BCUT2D eigenvalue weighted by Crippen LogP contribution is -2.40. The third-order valence-electron chi connectivity index (χ3n) is 2.76. The number of aliphatic hydroxyl groups is 2. The van der Waals surface area contributed by atoms with Crippen molar-refractivity contribution in [2.24, 2.45) is 0 Å². The highest BCUT2D eigenvalue weighted by Crippen LogP contribution is 2.09. The summed E-state index contributed by atoms with van der Waals surface area (Å²) in [7, 11) is 2.05. The van der Waals surface area contributed by atoms with Gasteiger partial charge in [-0.15, -0.1) is 0 Å². The zero-order valence-electron chi connectivity index (χ0n) is 13.6. The molecule has 0 fully saturated rings. The third-order valence-corrected chi connectivity index (χ3v) is 2.76. The van der Waals surface area contributed by atoms with E-state index in [4.69, 9.17) is 20.4 Å². The van der Waals surface area contributed by atoms with E-state index < -0.39 is 36.1 Å². The monoisotopic (exact) mass is 358 g/mol. The van der Waals surface area contributed by atoms with Crippen molar-refractivity contribution >= 4 is 23.9 Å². The van der Waals surface area contributed by atoms with Crippen LogP contribution in [0.15, 0.2) is 18.2 Å². The van der Waals surface area contributed by atoms with Crippen molar-refractivity contribution in [1.29, 1.82) is 0 Å². The van der Waals surface area contributed by atoms with E-state index in [-0.39, 0.29) is 11.1 Å². The predicted octanol–water partition coefficient (Wildman–Crippen LogP) is -0.554. The van der Waals surface area contributed by atoms with Crippen LogP contribution in [0.1, 0.15) is 26.3 Å². The number of rotatable bonds is 5. The van der Waals surface area contributed by atoms with Crippen LogP contribution < -0.4 is 0 Å². The molecule has 0 amide bonds. The predicted molar refractivity (Wildman–Crippen MR) is 81.1 cm³/mol. The Balaban J connectivity index is 0.000000463. The van der Waals surface area contributed by atoms with Gasteiger partial charge >= 0.3 is 23.9 Å². The second kappa shape index (κ2) is 10.0. The molecule has 10 nitrogen and oxygen atoms in total. The van der Waals surface area contributed by atoms with Crippen molar-refractivity contribution < 1.29 is 49.1 Å². The zero-order valence-corrected chi connectivity index (χ0v) is 13.6. The molecule has 25 heavy (non-hydrogen) atoms. The summed E-state index contributed by atoms with van der Waals surface area (Å²) in [5.74, 6) is -4.42. The fourth-order valence-corrected chi connectivity index (χ4v) is 1.53. The molecule has 0 saturated heterocycles. The number of carbonyl (C=O) groups excluding carboxylic acids is 2. The topological polar surface area (TPSA) is 168 Å². The number of aromatic carboxylic acids is 2. The largest absolute Gasteiger partial charge is 0.478 e. The lowest BCUT2D eigenvalue weighted by atomic mass is 10.1. The van der Waals surface area contributed by atoms with E-state index in [1.54, 1.807) is 6.92 Å². The number of esters is 2. The minimum atomic E-state index is -1.90. The van der Waals surface area contributed by atoms with Crippen molar-refractivity contribution in [3.63, 3.8) is 0 Å². The molecule has 1 rings (SSSR count). The fourth-order valence-electron chi connectivity index (χ4n) is 1.53. The quantitative estimate of drug-likeness (QED) is 0.501. The molecule has 0 spiro atoms. The fraction of sp³-hybridized carbons (Fsp3) is 0.333. The number of ether oxygens (including phenoxy) is 2. The molecule has 0 radical (unpaired) electrons. The Morgan fingerprint density at radius 3 is 1.36 bits per heavy atom. The Morgan fingerprint density at radius 2 is 1.12 bits per heavy atom. The van der Waals surface area contributed by atoms with E-state index in [1.165, 1.54) is 12.1 Å². The standard InChI is InChI=1S/C9H8O4.C6H10O6/c1-5-2-6(8(10)11)4-7(3-5)9(12)13;1-11-5(9)3(7)4(8)6(10)12-2/h2-4H,1H3,(H,10,11)(H,12,13);3-4,7-8H,1-2H3. The molecule has 0 aliphatic rings. The second-order valence-electron chi connectivity index (χ2n) is 4.63. The third kappa shape index (κ3) is 6.97. The van der Waals surface area contributed by atoms with Crippen LogP contribution >= 0.6 is 0 Å². The van der Waals surface area contributed by atoms with Gasteiger partial charge in [0.15, 0.2) is 12.2 Å². The minimum absolute atomic E-state index is 0.00241. The van der Waals surface area contributed by atoms with Crippen LogP contribution in [0.4, 0.5) is 0 Å². The van der Waals surface area contributed by atoms with Gasteiger partial charge in [-0.2, -0.15) is 0 Å². The highest BCUT2D eigenvalue weighted by molar-refractivity contribution is 5.94. The molecule has 0 aliphatic carbocycles. The molecule has 1 aromatic carbocycles. The average Bonchev–Trinajstić information content (AvgIpc) is 2.58. The first-order valence-electron chi connectivity index (χ1n) is 6.65. The number of carboxylic acid groups (broad SMARTS) is 2. The van der Waals surface area contributed by atoms with Gasteiger partial charge in [0, 0.05) is 0 Å². The van der Waals surface area contributed by atoms with Crippen molar-refractivity contribution in [3.8, 4) is 0 Å². The molecule has 0 heterocycles. The summed E-state index contributed by atoms with van der Waals surface area (Å²) < 4.78 is 8.14. The lowest BCUT2D eigenvalue weighted by Gasteiger charge is -2.12. The molecule has 0 aromatic heterocycles. The molecule has 10 heteroatoms. The van der Waals surface area contributed by atoms with Crippen molar-refractivity contribution in [3.05, 3.63) is 34.9 Å². The van der Waals surface area contributed by atoms with Gasteiger partial charge in [0.2, 0.25) is 0 Å². The van der Waals surface area contributed by atoms with Crippen molar-refractivity contribution in [2.45, 2.75) is 19.1 Å². The zero-order chi connectivity index (χ0) is 19.7. The summed E-state index contributed by atoms with van der Waals surface area (Å²) in [4.78, 5) is 42.1. The maximum absolute atomic E-state index is 10.5. The van der Waals surface area contributed by atoms with E-state index >= 15 is 0 Å². The Morgan fingerprint density at radius 1 is 0.800 bits per heavy atom. The Labute approximate surface area is 142 Å². The molecule has 138 valence electrons. The van der Waals surface area contributed by atoms with E-state index in [2.05, 4.69) is 9.47 Å². The first kappa shape index (κ1) is 22.0. The number of hydrogen-bond donors (Lipinski definition) is 4. The first-order valence-corrected chi connectivity index (χ1v) is 6.65. The molecule has 2 atom stereocenters. The number of aliphatic hydroxyl groups excluding tert-OH is 2. The summed E-state index contributed by atoms with van der Waals surface area (Å²) in [5, 5.41) is 35.0.